The number of nitrogens with zero attached hydrogens (tertiary/aromatic N) is 1. The molecule has 2 heterocycles. The van der Waals surface area contributed by atoms with Gasteiger partial charge in [0.05, 0.1) is 0 Å². The molecule has 19 heavy (non-hydrogen) atoms. The maximum absolute atomic E-state index is 11.3. The fourth-order valence-electron chi connectivity index (χ4n) is 3.36. The lowest BCUT2D eigenvalue weighted by Crippen LogP contribution is -2.27. The lowest BCUT2D eigenvalue weighted by molar-refractivity contribution is 0.309. The van der Waals surface area contributed by atoms with Gasteiger partial charge in [-0.3, -0.25) is 14.7 Å². The average molecular weight is 261 g/mol. The van der Waals surface area contributed by atoms with Crippen molar-refractivity contribution in [2.24, 2.45) is 11.8 Å². The minimum atomic E-state index is -0.420. The van der Waals surface area contributed by atoms with E-state index in [1.54, 1.807) is 0 Å². The predicted molar refractivity (Wildman–Crippen MR) is 72.9 cm³/mol. The average Bonchev–Trinajstić information content (AvgIpc) is 2.68. The van der Waals surface area contributed by atoms with E-state index in [1.165, 1.54) is 24.5 Å². The summed E-state index contributed by atoms with van der Waals surface area (Å²) in [5, 5.41) is 0. The van der Waals surface area contributed by atoms with Gasteiger partial charge in [0.15, 0.2) is 0 Å². The molecule has 1 fully saturated rings. The molecule has 2 N–H and O–H groups in total. The van der Waals surface area contributed by atoms with Gasteiger partial charge in [-0.1, -0.05) is 11.6 Å². The number of allylic oxidation sites excluding steroid dienone is 2. The molecule has 0 spiro atoms. The Morgan fingerprint density at radius 1 is 1.26 bits per heavy atom. The van der Waals surface area contributed by atoms with Crippen LogP contribution in [0.2, 0.25) is 0 Å². The second kappa shape index (κ2) is 4.81. The van der Waals surface area contributed by atoms with Gasteiger partial charge < -0.3 is 4.98 Å². The number of hydrogen-bond acceptors (Lipinski definition) is 3. The maximum Gasteiger partial charge on any atom is 0.325 e. The molecule has 0 saturated carbocycles. The molecule has 1 aromatic rings. The number of aromatic amines is 2. The third-order valence-electron chi connectivity index (χ3n) is 4.22. The third kappa shape index (κ3) is 2.71. The SMILES string of the molecule is CC1=CC[C@@H]2CN(Cc3cc(=O)[nH]c(=O)[nH]3)C[C@@H]2C1. The summed E-state index contributed by atoms with van der Waals surface area (Å²) in [6, 6.07) is 1.48. The number of rotatable bonds is 2. The van der Waals surface area contributed by atoms with Gasteiger partial charge in [0.2, 0.25) is 0 Å². The molecule has 5 nitrogen and oxygen atoms in total. The van der Waals surface area contributed by atoms with Crippen LogP contribution in [0.5, 0.6) is 0 Å². The summed E-state index contributed by atoms with van der Waals surface area (Å²) < 4.78 is 0. The van der Waals surface area contributed by atoms with Crippen LogP contribution in [0.3, 0.4) is 0 Å². The highest BCUT2D eigenvalue weighted by Crippen LogP contribution is 2.35. The Bertz CT molecular complexity index is 585. The summed E-state index contributed by atoms with van der Waals surface area (Å²) in [6.07, 6.45) is 4.70. The first kappa shape index (κ1) is 12.4. The van der Waals surface area contributed by atoms with Crippen LogP contribution in [-0.4, -0.2) is 28.0 Å². The standard InChI is InChI=1S/C14H19N3O2/c1-9-2-3-10-6-17(7-11(10)4-9)8-12-5-13(18)16-14(19)15-12/h2,5,10-11H,3-4,6-8H2,1H3,(H2,15,16,18,19)/t10-,11+/m1/s1. The summed E-state index contributed by atoms with van der Waals surface area (Å²) in [4.78, 5) is 29.8. The van der Waals surface area contributed by atoms with Crippen LogP contribution in [0.25, 0.3) is 0 Å². The second-order valence-corrected chi connectivity index (χ2v) is 5.82. The maximum atomic E-state index is 11.3. The highest BCUT2D eigenvalue weighted by molar-refractivity contribution is 5.09. The smallest absolute Gasteiger partial charge is 0.310 e. The van der Waals surface area contributed by atoms with Crippen LogP contribution < -0.4 is 11.2 Å². The van der Waals surface area contributed by atoms with Gasteiger partial charge in [-0.25, -0.2) is 4.79 Å². The summed E-state index contributed by atoms with van der Waals surface area (Å²) in [5.41, 5.74) is 1.45. The van der Waals surface area contributed by atoms with Crippen LogP contribution in [0.1, 0.15) is 25.5 Å². The minimum Gasteiger partial charge on any atom is -0.310 e. The van der Waals surface area contributed by atoms with E-state index in [-0.39, 0.29) is 5.56 Å². The molecule has 5 heteroatoms. The molecule has 0 amide bonds. The van der Waals surface area contributed by atoms with E-state index in [9.17, 15) is 9.59 Å². The lowest BCUT2D eigenvalue weighted by atomic mass is 9.83. The van der Waals surface area contributed by atoms with Crippen LogP contribution in [0.15, 0.2) is 27.3 Å². The molecule has 3 rings (SSSR count). The van der Waals surface area contributed by atoms with Gasteiger partial charge in [0.1, 0.15) is 0 Å². The van der Waals surface area contributed by atoms with E-state index in [4.69, 9.17) is 0 Å². The fraction of sp³-hybridized carbons (Fsp3) is 0.571. The molecular formula is C14H19N3O2. The van der Waals surface area contributed by atoms with Crippen molar-refractivity contribution >= 4 is 0 Å². The van der Waals surface area contributed by atoms with Crippen LogP contribution in [0.4, 0.5) is 0 Å². The van der Waals surface area contributed by atoms with Crippen molar-refractivity contribution in [1.29, 1.82) is 0 Å². The third-order valence-corrected chi connectivity index (χ3v) is 4.22. The molecule has 102 valence electrons. The Morgan fingerprint density at radius 2 is 2.05 bits per heavy atom. The van der Waals surface area contributed by atoms with Gasteiger partial charge in [-0.05, 0) is 31.6 Å². The summed E-state index contributed by atoms with van der Waals surface area (Å²) in [6.45, 7) is 4.98. The molecule has 1 aliphatic carbocycles. The molecule has 0 bridgehead atoms. The van der Waals surface area contributed by atoms with E-state index in [2.05, 4.69) is 27.9 Å². The number of nitrogens with one attached hydrogen (secondary N) is 2. The Kier molecular flexibility index (Phi) is 3.14. The first-order valence-electron chi connectivity index (χ1n) is 6.80. The number of fused-ring (bicyclic) bond motifs is 1. The highest BCUT2D eigenvalue weighted by atomic mass is 16.2. The Morgan fingerprint density at radius 3 is 2.84 bits per heavy atom. The van der Waals surface area contributed by atoms with Gasteiger partial charge in [0, 0.05) is 31.4 Å². The van der Waals surface area contributed by atoms with E-state index >= 15 is 0 Å². The molecule has 0 aromatic carbocycles. The number of H-pyrrole nitrogens is 2. The molecular weight excluding hydrogens is 242 g/mol. The molecule has 2 atom stereocenters. The van der Waals surface area contributed by atoms with E-state index < -0.39 is 5.69 Å². The molecule has 0 radical (unpaired) electrons. The quantitative estimate of drug-likeness (QED) is 0.776. The first-order chi connectivity index (χ1) is 9.10. The summed E-state index contributed by atoms with van der Waals surface area (Å²) in [7, 11) is 0. The van der Waals surface area contributed by atoms with Crippen molar-refractivity contribution in [3.8, 4) is 0 Å². The van der Waals surface area contributed by atoms with Gasteiger partial charge in [-0.15, -0.1) is 0 Å². The van der Waals surface area contributed by atoms with Crippen LogP contribution in [0, 0.1) is 11.8 Å². The highest BCUT2D eigenvalue weighted by Gasteiger charge is 2.33. The molecule has 1 saturated heterocycles. The number of likely N-dealkylation sites (tertiary alicyclic amines) is 1. The second-order valence-electron chi connectivity index (χ2n) is 5.82. The van der Waals surface area contributed by atoms with Crippen molar-refractivity contribution in [1.82, 2.24) is 14.9 Å². The van der Waals surface area contributed by atoms with E-state index in [0.717, 1.165) is 24.9 Å². The lowest BCUT2D eigenvalue weighted by Gasteiger charge is -2.22. The number of hydrogen-bond donors (Lipinski definition) is 2. The van der Waals surface area contributed by atoms with Gasteiger partial charge in [-0.2, -0.15) is 0 Å². The Balaban J connectivity index is 1.69. The molecule has 0 unspecified atom stereocenters. The predicted octanol–water partition coefficient (Wildman–Crippen LogP) is 0.851. The molecule has 1 aliphatic heterocycles. The Labute approximate surface area is 111 Å². The fourth-order valence-corrected chi connectivity index (χ4v) is 3.36. The van der Waals surface area contributed by atoms with Crippen molar-refractivity contribution in [2.75, 3.05) is 13.1 Å². The molecule has 1 aromatic heterocycles. The largest absolute Gasteiger partial charge is 0.325 e. The normalized spacial score (nSPS) is 27.1. The summed E-state index contributed by atoms with van der Waals surface area (Å²) >= 11 is 0. The first-order valence-corrected chi connectivity index (χ1v) is 6.80. The van der Waals surface area contributed by atoms with Gasteiger partial charge >= 0.3 is 5.69 Å². The van der Waals surface area contributed by atoms with Crippen molar-refractivity contribution in [3.63, 3.8) is 0 Å². The van der Waals surface area contributed by atoms with Crippen molar-refractivity contribution < 1.29 is 0 Å². The Hall–Kier alpha value is -1.62. The van der Waals surface area contributed by atoms with E-state index in [0.29, 0.717) is 12.2 Å². The monoisotopic (exact) mass is 261 g/mol. The zero-order chi connectivity index (χ0) is 13.4. The van der Waals surface area contributed by atoms with Gasteiger partial charge in [0.25, 0.3) is 5.56 Å². The number of aromatic nitrogens is 2. The van der Waals surface area contributed by atoms with Crippen LogP contribution in [-0.2, 0) is 6.54 Å². The van der Waals surface area contributed by atoms with E-state index in [1.807, 2.05) is 0 Å². The zero-order valence-electron chi connectivity index (χ0n) is 11.1. The van der Waals surface area contributed by atoms with Crippen molar-refractivity contribution in [3.05, 3.63) is 44.2 Å². The topological polar surface area (TPSA) is 69.0 Å². The molecule has 2 aliphatic rings. The summed E-state index contributed by atoms with van der Waals surface area (Å²) in [5.74, 6) is 1.47. The zero-order valence-corrected chi connectivity index (χ0v) is 11.1. The van der Waals surface area contributed by atoms with Crippen LogP contribution >= 0.6 is 0 Å². The minimum absolute atomic E-state index is 0.326. The van der Waals surface area contributed by atoms with Crippen molar-refractivity contribution in [2.45, 2.75) is 26.3 Å².